The van der Waals surface area contributed by atoms with Crippen LogP contribution in [0.4, 0.5) is 9.18 Å². The highest BCUT2D eigenvalue weighted by Gasteiger charge is 2.35. The van der Waals surface area contributed by atoms with Crippen molar-refractivity contribution < 1.29 is 23.8 Å². The fourth-order valence-corrected chi connectivity index (χ4v) is 3.80. The standard InChI is InChI=1S/C19H15BrFNO4S/c1-2-26-15-8-12(7-14(20)17(15)23)9-16-18(24)22(19(25)27-16)10-11-3-5-13(21)6-4-11/h3-9,23H,2,10H2,1H3/b16-9-. The molecule has 2 aromatic carbocycles. The minimum atomic E-state index is -0.420. The molecule has 0 aromatic heterocycles. The van der Waals surface area contributed by atoms with Crippen molar-refractivity contribution in [2.75, 3.05) is 6.61 Å². The average Bonchev–Trinajstić information content (AvgIpc) is 2.88. The molecule has 1 heterocycles. The third-order valence-corrected chi connectivity index (χ3v) is 5.29. The lowest BCUT2D eigenvalue weighted by Gasteiger charge is -2.12. The maximum absolute atomic E-state index is 13.0. The Balaban J connectivity index is 1.85. The summed E-state index contributed by atoms with van der Waals surface area (Å²) in [4.78, 5) is 26.2. The van der Waals surface area contributed by atoms with Crippen LogP contribution in [0.25, 0.3) is 6.08 Å². The number of halogens is 2. The quantitative estimate of drug-likeness (QED) is 0.652. The topological polar surface area (TPSA) is 66.8 Å². The molecule has 3 rings (SSSR count). The number of rotatable bonds is 5. The molecule has 8 heteroatoms. The van der Waals surface area contributed by atoms with E-state index >= 15 is 0 Å². The monoisotopic (exact) mass is 451 g/mol. The van der Waals surface area contributed by atoms with Gasteiger partial charge in [-0.1, -0.05) is 12.1 Å². The predicted octanol–water partition coefficient (Wildman–Crippen LogP) is 4.93. The van der Waals surface area contributed by atoms with E-state index in [1.165, 1.54) is 24.3 Å². The molecule has 0 bridgehead atoms. The van der Waals surface area contributed by atoms with Gasteiger partial charge >= 0.3 is 0 Å². The summed E-state index contributed by atoms with van der Waals surface area (Å²) in [5, 5.41) is 9.59. The van der Waals surface area contributed by atoms with Crippen LogP contribution in [0.1, 0.15) is 18.1 Å². The molecule has 2 amide bonds. The van der Waals surface area contributed by atoms with Gasteiger partial charge in [0, 0.05) is 0 Å². The van der Waals surface area contributed by atoms with Crippen molar-refractivity contribution >= 4 is 44.9 Å². The third-order valence-electron chi connectivity index (χ3n) is 3.78. The number of phenolic OH excluding ortho intramolecular Hbond substituents is 1. The number of hydrogen-bond acceptors (Lipinski definition) is 5. The van der Waals surface area contributed by atoms with E-state index in [-0.39, 0.29) is 28.8 Å². The van der Waals surface area contributed by atoms with Crippen LogP contribution in [-0.4, -0.2) is 27.8 Å². The van der Waals surface area contributed by atoms with Crippen molar-refractivity contribution in [3.63, 3.8) is 0 Å². The Labute approximate surface area is 167 Å². The van der Waals surface area contributed by atoms with Crippen LogP contribution < -0.4 is 4.74 Å². The van der Waals surface area contributed by atoms with Gasteiger partial charge in [-0.2, -0.15) is 0 Å². The van der Waals surface area contributed by atoms with Gasteiger partial charge in [0.1, 0.15) is 5.82 Å². The Morgan fingerprint density at radius 1 is 1.26 bits per heavy atom. The van der Waals surface area contributed by atoms with Gasteiger partial charge in [0.15, 0.2) is 11.5 Å². The molecule has 0 atom stereocenters. The molecule has 1 saturated heterocycles. The van der Waals surface area contributed by atoms with Crippen LogP contribution in [0.3, 0.4) is 0 Å². The normalized spacial score (nSPS) is 15.7. The zero-order valence-corrected chi connectivity index (χ0v) is 16.6. The Morgan fingerprint density at radius 3 is 2.63 bits per heavy atom. The number of carbonyl (C=O) groups excluding carboxylic acids is 2. The van der Waals surface area contributed by atoms with Crippen LogP contribution in [0.2, 0.25) is 0 Å². The van der Waals surface area contributed by atoms with Gasteiger partial charge in [-0.05, 0) is 76.1 Å². The second-order valence-electron chi connectivity index (χ2n) is 5.68. The second kappa shape index (κ2) is 8.14. The summed E-state index contributed by atoms with van der Waals surface area (Å²) < 4.78 is 18.8. The van der Waals surface area contributed by atoms with E-state index in [1.807, 2.05) is 0 Å². The fourth-order valence-electron chi connectivity index (χ4n) is 2.50. The molecule has 27 heavy (non-hydrogen) atoms. The number of nitrogens with zero attached hydrogens (tertiary/aromatic N) is 1. The SMILES string of the molecule is CCOc1cc(/C=C2\SC(=O)N(Cc3ccc(F)cc3)C2=O)cc(Br)c1O. The Hall–Kier alpha value is -2.32. The van der Waals surface area contributed by atoms with E-state index in [2.05, 4.69) is 15.9 Å². The van der Waals surface area contributed by atoms with E-state index in [9.17, 15) is 19.1 Å². The molecule has 0 unspecified atom stereocenters. The minimum Gasteiger partial charge on any atom is -0.503 e. The molecule has 0 radical (unpaired) electrons. The van der Waals surface area contributed by atoms with Crippen molar-refractivity contribution in [1.82, 2.24) is 4.90 Å². The first kappa shape index (κ1) is 19.4. The lowest BCUT2D eigenvalue weighted by molar-refractivity contribution is -0.123. The lowest BCUT2D eigenvalue weighted by Crippen LogP contribution is -2.27. The smallest absolute Gasteiger partial charge is 0.293 e. The van der Waals surface area contributed by atoms with Crippen molar-refractivity contribution in [1.29, 1.82) is 0 Å². The number of ether oxygens (including phenoxy) is 1. The summed E-state index contributed by atoms with van der Waals surface area (Å²) in [7, 11) is 0. The predicted molar refractivity (Wildman–Crippen MR) is 105 cm³/mol. The zero-order valence-electron chi connectivity index (χ0n) is 14.2. The number of phenols is 1. The van der Waals surface area contributed by atoms with Crippen LogP contribution in [-0.2, 0) is 11.3 Å². The second-order valence-corrected chi connectivity index (χ2v) is 7.52. The molecular formula is C19H15BrFNO4S. The minimum absolute atomic E-state index is 0.0292. The molecule has 1 aliphatic rings. The van der Waals surface area contributed by atoms with E-state index in [1.54, 1.807) is 25.1 Å². The highest BCUT2D eigenvalue weighted by atomic mass is 79.9. The molecule has 140 valence electrons. The number of benzene rings is 2. The maximum Gasteiger partial charge on any atom is 0.293 e. The number of thioether (sulfide) groups is 1. The summed E-state index contributed by atoms with van der Waals surface area (Å²) in [6, 6.07) is 8.87. The summed E-state index contributed by atoms with van der Waals surface area (Å²) in [5.41, 5.74) is 1.27. The Bertz CT molecular complexity index is 930. The van der Waals surface area contributed by atoms with Gasteiger partial charge in [-0.15, -0.1) is 0 Å². The van der Waals surface area contributed by atoms with Crippen LogP contribution >= 0.6 is 27.7 Å². The lowest BCUT2D eigenvalue weighted by atomic mass is 10.1. The highest BCUT2D eigenvalue weighted by Crippen LogP contribution is 2.38. The Kier molecular flexibility index (Phi) is 5.86. The number of aromatic hydroxyl groups is 1. The van der Waals surface area contributed by atoms with Gasteiger partial charge in [0.05, 0.1) is 22.5 Å². The van der Waals surface area contributed by atoms with Crippen LogP contribution in [0.15, 0.2) is 45.8 Å². The van der Waals surface area contributed by atoms with E-state index in [4.69, 9.17) is 4.74 Å². The summed E-state index contributed by atoms with van der Waals surface area (Å²) >= 11 is 4.08. The molecule has 1 fully saturated rings. The molecule has 2 aromatic rings. The van der Waals surface area contributed by atoms with E-state index in [0.717, 1.165) is 16.7 Å². The number of hydrogen-bond donors (Lipinski definition) is 1. The van der Waals surface area contributed by atoms with Crippen molar-refractivity contribution in [3.05, 3.63) is 62.7 Å². The molecule has 1 N–H and O–H groups in total. The van der Waals surface area contributed by atoms with Crippen molar-refractivity contribution in [2.24, 2.45) is 0 Å². The van der Waals surface area contributed by atoms with Crippen LogP contribution in [0.5, 0.6) is 11.5 Å². The summed E-state index contributed by atoms with van der Waals surface area (Å²) in [6.07, 6.45) is 1.57. The highest BCUT2D eigenvalue weighted by molar-refractivity contribution is 9.10. The molecule has 5 nitrogen and oxygen atoms in total. The van der Waals surface area contributed by atoms with E-state index in [0.29, 0.717) is 22.2 Å². The molecule has 0 spiro atoms. The first-order valence-corrected chi connectivity index (χ1v) is 9.65. The van der Waals surface area contributed by atoms with E-state index < -0.39 is 11.1 Å². The van der Waals surface area contributed by atoms with Gasteiger partial charge in [0.25, 0.3) is 11.1 Å². The zero-order chi connectivity index (χ0) is 19.6. The van der Waals surface area contributed by atoms with Gasteiger partial charge in [0.2, 0.25) is 0 Å². The van der Waals surface area contributed by atoms with Gasteiger partial charge in [-0.25, -0.2) is 4.39 Å². The summed E-state index contributed by atoms with van der Waals surface area (Å²) in [6.45, 7) is 2.24. The van der Waals surface area contributed by atoms with Gasteiger partial charge in [-0.3, -0.25) is 14.5 Å². The largest absolute Gasteiger partial charge is 0.503 e. The number of imide groups is 1. The number of amides is 2. The Morgan fingerprint density at radius 2 is 1.96 bits per heavy atom. The van der Waals surface area contributed by atoms with Crippen molar-refractivity contribution in [2.45, 2.75) is 13.5 Å². The molecule has 0 saturated carbocycles. The summed E-state index contributed by atoms with van der Waals surface area (Å²) in [5.74, 6) is -0.547. The first-order valence-electron chi connectivity index (χ1n) is 8.04. The number of carbonyl (C=O) groups is 2. The molecule has 1 aliphatic heterocycles. The first-order chi connectivity index (χ1) is 12.9. The van der Waals surface area contributed by atoms with Gasteiger partial charge < -0.3 is 9.84 Å². The maximum atomic E-state index is 13.0. The third kappa shape index (κ3) is 4.33. The average molecular weight is 452 g/mol. The molecular weight excluding hydrogens is 437 g/mol. The fraction of sp³-hybridized carbons (Fsp3) is 0.158. The van der Waals surface area contributed by atoms with Crippen molar-refractivity contribution in [3.8, 4) is 11.5 Å². The molecule has 0 aliphatic carbocycles. The van der Waals surface area contributed by atoms with Crippen LogP contribution in [0, 0.1) is 5.82 Å².